The number of carboxylic acid groups (broad SMARTS) is 1. The average Bonchev–Trinajstić information content (AvgIpc) is 2.38. The van der Waals surface area contributed by atoms with Crippen molar-refractivity contribution in [3.8, 4) is 0 Å². The summed E-state index contributed by atoms with van der Waals surface area (Å²) in [5.41, 5.74) is 1.27. The number of nitrogens with zero attached hydrogens (tertiary/aromatic N) is 1. The number of aliphatic carboxylic acids is 1. The summed E-state index contributed by atoms with van der Waals surface area (Å²) in [5, 5.41) is 12.8. The Hall–Kier alpha value is -1.95. The number of aromatic nitrogens is 1. The van der Waals surface area contributed by atoms with Gasteiger partial charge in [0.15, 0.2) is 0 Å². The van der Waals surface area contributed by atoms with Crippen molar-refractivity contribution in [3.05, 3.63) is 40.1 Å². The Morgan fingerprint density at radius 2 is 2.15 bits per heavy atom. The molecule has 0 aliphatic heterocycles. The lowest BCUT2D eigenvalue weighted by Gasteiger charge is -2.09. The summed E-state index contributed by atoms with van der Waals surface area (Å²) in [6, 6.07) is 5.56. The van der Waals surface area contributed by atoms with E-state index in [4.69, 9.17) is 5.11 Å². The number of aryl methyl sites for hydroxylation is 1. The molecule has 5 nitrogen and oxygen atoms in total. The topological polar surface area (TPSA) is 79.3 Å². The lowest BCUT2D eigenvalue weighted by Crippen LogP contribution is -2.27. The Morgan fingerprint density at radius 1 is 1.40 bits per heavy atom. The summed E-state index contributed by atoms with van der Waals surface area (Å²) in [6.45, 7) is 2.01. The Balaban J connectivity index is 2.35. The second kappa shape index (κ2) is 6.00. The van der Waals surface area contributed by atoms with Crippen LogP contribution in [0.25, 0.3) is 10.8 Å². The lowest BCUT2D eigenvalue weighted by molar-refractivity contribution is -0.136. The molecule has 6 heteroatoms. The van der Waals surface area contributed by atoms with Gasteiger partial charge >= 0.3 is 5.97 Å². The zero-order chi connectivity index (χ0) is 14.7. The lowest BCUT2D eigenvalue weighted by atomic mass is 10.1. The molecule has 1 amide bonds. The highest BCUT2D eigenvalue weighted by Crippen LogP contribution is 2.28. The molecule has 1 aromatic carbocycles. The Labute approximate surface area is 124 Å². The molecular formula is C14H13BrN2O3. The van der Waals surface area contributed by atoms with E-state index in [0.717, 1.165) is 20.8 Å². The van der Waals surface area contributed by atoms with Gasteiger partial charge in [0.05, 0.1) is 6.42 Å². The van der Waals surface area contributed by atoms with Crippen LogP contribution in [-0.4, -0.2) is 28.5 Å². The highest BCUT2D eigenvalue weighted by molar-refractivity contribution is 9.10. The molecule has 0 aliphatic rings. The number of carbonyl (C=O) groups excluding carboxylic acids is 1. The Morgan fingerprint density at radius 3 is 2.85 bits per heavy atom. The van der Waals surface area contributed by atoms with Crippen molar-refractivity contribution in [3.63, 3.8) is 0 Å². The minimum atomic E-state index is -0.949. The van der Waals surface area contributed by atoms with Gasteiger partial charge in [-0.15, -0.1) is 0 Å². The van der Waals surface area contributed by atoms with Gasteiger partial charge in [0.25, 0.3) is 5.91 Å². The molecule has 0 atom stereocenters. The van der Waals surface area contributed by atoms with Crippen LogP contribution in [0.15, 0.2) is 28.9 Å². The Kier molecular flexibility index (Phi) is 4.34. The number of fused-ring (bicyclic) bond motifs is 1. The summed E-state index contributed by atoms with van der Waals surface area (Å²) in [4.78, 5) is 26.7. The maximum Gasteiger partial charge on any atom is 0.305 e. The van der Waals surface area contributed by atoms with Gasteiger partial charge in [0.1, 0.15) is 5.69 Å². The third-order valence-corrected chi connectivity index (χ3v) is 3.55. The number of pyridine rings is 1. The second-order valence-electron chi connectivity index (χ2n) is 4.35. The normalized spacial score (nSPS) is 10.5. The first kappa shape index (κ1) is 14.5. The van der Waals surface area contributed by atoms with Crippen LogP contribution >= 0.6 is 15.9 Å². The van der Waals surface area contributed by atoms with Gasteiger partial charge in [0, 0.05) is 28.0 Å². The third-order valence-electron chi connectivity index (χ3n) is 2.89. The highest BCUT2D eigenvalue weighted by atomic mass is 79.9. The molecule has 0 aliphatic carbocycles. The number of nitrogens with one attached hydrogen (secondary N) is 1. The van der Waals surface area contributed by atoms with E-state index in [1.807, 2.05) is 25.1 Å². The van der Waals surface area contributed by atoms with Crippen LogP contribution in [0.5, 0.6) is 0 Å². The highest BCUT2D eigenvalue weighted by Gasteiger charge is 2.14. The van der Waals surface area contributed by atoms with Gasteiger partial charge in [-0.3, -0.25) is 14.6 Å². The van der Waals surface area contributed by atoms with Gasteiger partial charge in [0.2, 0.25) is 0 Å². The second-order valence-corrected chi connectivity index (χ2v) is 5.21. The fourth-order valence-electron chi connectivity index (χ4n) is 1.97. The van der Waals surface area contributed by atoms with Crippen LogP contribution in [0.3, 0.4) is 0 Å². The molecule has 1 heterocycles. The van der Waals surface area contributed by atoms with Crippen molar-refractivity contribution in [1.29, 1.82) is 0 Å². The molecule has 20 heavy (non-hydrogen) atoms. The van der Waals surface area contributed by atoms with Crippen molar-refractivity contribution in [2.75, 3.05) is 6.54 Å². The molecule has 2 N–H and O–H groups in total. The number of carbonyl (C=O) groups is 2. The number of amides is 1. The molecule has 0 fully saturated rings. The molecule has 2 aromatic rings. The van der Waals surface area contributed by atoms with Crippen LogP contribution in [0.1, 0.15) is 22.5 Å². The molecule has 0 radical (unpaired) electrons. The van der Waals surface area contributed by atoms with Crippen molar-refractivity contribution >= 4 is 38.6 Å². The molecule has 0 spiro atoms. The number of hydrogen-bond acceptors (Lipinski definition) is 3. The van der Waals surface area contributed by atoms with Crippen LogP contribution in [0, 0.1) is 6.92 Å². The van der Waals surface area contributed by atoms with Crippen LogP contribution in [0.2, 0.25) is 0 Å². The van der Waals surface area contributed by atoms with E-state index >= 15 is 0 Å². The van der Waals surface area contributed by atoms with E-state index in [2.05, 4.69) is 26.2 Å². The molecule has 0 unspecified atom stereocenters. The van der Waals surface area contributed by atoms with Gasteiger partial charge in [-0.2, -0.15) is 0 Å². The third kappa shape index (κ3) is 2.96. The van der Waals surface area contributed by atoms with Gasteiger partial charge in [-0.25, -0.2) is 0 Å². The van der Waals surface area contributed by atoms with Crippen LogP contribution < -0.4 is 5.32 Å². The Bertz CT molecular complexity index is 677. The molecule has 2 rings (SSSR count). The first-order valence-corrected chi connectivity index (χ1v) is 6.84. The molecule has 0 bridgehead atoms. The fraction of sp³-hybridized carbons (Fsp3) is 0.214. The summed E-state index contributed by atoms with van der Waals surface area (Å²) in [5.74, 6) is -1.32. The number of hydrogen-bond donors (Lipinski definition) is 2. The number of rotatable bonds is 4. The summed E-state index contributed by atoms with van der Waals surface area (Å²) < 4.78 is 0.898. The molecular weight excluding hydrogens is 324 g/mol. The minimum Gasteiger partial charge on any atom is -0.481 e. The summed E-state index contributed by atoms with van der Waals surface area (Å²) in [7, 11) is 0. The minimum absolute atomic E-state index is 0.0826. The standard InChI is InChI=1S/C14H13BrN2O3/c1-8-7-17-13(14(20)16-6-5-11(18)19)9-3-2-4-10(15)12(8)9/h2-4,7H,5-6H2,1H3,(H,16,20)(H,18,19). The largest absolute Gasteiger partial charge is 0.481 e. The van der Waals surface area contributed by atoms with Crippen molar-refractivity contribution in [2.45, 2.75) is 13.3 Å². The predicted molar refractivity (Wildman–Crippen MR) is 78.8 cm³/mol. The maximum atomic E-state index is 12.1. The van der Waals surface area contributed by atoms with Crippen molar-refractivity contribution < 1.29 is 14.7 Å². The molecule has 1 aromatic heterocycles. The van der Waals surface area contributed by atoms with Gasteiger partial charge in [-0.1, -0.05) is 28.1 Å². The number of benzene rings is 1. The first-order valence-electron chi connectivity index (χ1n) is 6.04. The SMILES string of the molecule is Cc1cnc(C(=O)NCCC(=O)O)c2cccc(Br)c12. The number of carboxylic acids is 1. The quantitative estimate of drug-likeness (QED) is 0.898. The smallest absolute Gasteiger partial charge is 0.305 e. The molecule has 104 valence electrons. The average molecular weight is 337 g/mol. The monoisotopic (exact) mass is 336 g/mol. The predicted octanol–water partition coefficient (Wildman–Crippen LogP) is 2.51. The van der Waals surface area contributed by atoms with E-state index < -0.39 is 5.97 Å². The van der Waals surface area contributed by atoms with Crippen molar-refractivity contribution in [1.82, 2.24) is 10.3 Å². The fourth-order valence-corrected chi connectivity index (χ4v) is 2.64. The zero-order valence-electron chi connectivity index (χ0n) is 10.8. The molecule has 0 saturated carbocycles. The van der Waals surface area contributed by atoms with E-state index in [9.17, 15) is 9.59 Å². The molecule has 0 saturated heterocycles. The zero-order valence-corrected chi connectivity index (χ0v) is 12.4. The first-order chi connectivity index (χ1) is 9.50. The van der Waals surface area contributed by atoms with Crippen molar-refractivity contribution in [2.24, 2.45) is 0 Å². The van der Waals surface area contributed by atoms with E-state index in [1.165, 1.54) is 0 Å². The van der Waals surface area contributed by atoms with E-state index in [0.29, 0.717) is 5.69 Å². The summed E-state index contributed by atoms with van der Waals surface area (Å²) >= 11 is 3.47. The maximum absolute atomic E-state index is 12.1. The summed E-state index contributed by atoms with van der Waals surface area (Å²) in [6.07, 6.45) is 1.53. The van der Waals surface area contributed by atoms with E-state index in [-0.39, 0.29) is 18.9 Å². The van der Waals surface area contributed by atoms with Gasteiger partial charge in [-0.05, 0) is 18.6 Å². The van der Waals surface area contributed by atoms with Crippen LogP contribution in [0.4, 0.5) is 0 Å². The van der Waals surface area contributed by atoms with E-state index in [1.54, 1.807) is 6.20 Å². The number of halogens is 1. The van der Waals surface area contributed by atoms with Crippen LogP contribution in [-0.2, 0) is 4.79 Å². The van der Waals surface area contributed by atoms with Gasteiger partial charge < -0.3 is 10.4 Å².